The summed E-state index contributed by atoms with van der Waals surface area (Å²) in [5.41, 5.74) is 1.63. The Morgan fingerprint density at radius 3 is 2.88 bits per heavy atom. The van der Waals surface area contributed by atoms with Crippen LogP contribution >= 0.6 is 27.7 Å². The first kappa shape index (κ1) is 14.4. The Morgan fingerprint density at radius 1 is 1.35 bits per heavy atom. The zero-order valence-corrected chi connectivity index (χ0v) is 12.4. The lowest BCUT2D eigenvalue weighted by Gasteiger charge is -2.08. The van der Waals surface area contributed by atoms with Gasteiger partial charge in [0, 0.05) is 11.0 Å². The second-order valence-electron chi connectivity index (χ2n) is 3.78. The number of unbranched alkanes of at least 4 members (excludes halogenated alkanes) is 2. The first-order valence-electron chi connectivity index (χ1n) is 5.70. The lowest BCUT2D eigenvalue weighted by atomic mass is 10.2. The molecule has 0 amide bonds. The van der Waals surface area contributed by atoms with E-state index in [0.717, 1.165) is 23.1 Å². The van der Waals surface area contributed by atoms with E-state index in [0.29, 0.717) is 5.56 Å². The number of nitrogens with zero attached hydrogens (tertiary/aromatic N) is 1. The molecular formula is C13H17BrN2S. The molecule has 0 saturated carbocycles. The van der Waals surface area contributed by atoms with Crippen molar-refractivity contribution in [3.8, 4) is 6.07 Å². The van der Waals surface area contributed by atoms with Crippen molar-refractivity contribution in [2.45, 2.75) is 19.3 Å². The summed E-state index contributed by atoms with van der Waals surface area (Å²) in [4.78, 5) is 0. The van der Waals surface area contributed by atoms with E-state index in [-0.39, 0.29) is 0 Å². The minimum Gasteiger partial charge on any atom is -0.384 e. The van der Waals surface area contributed by atoms with Crippen LogP contribution in [0.4, 0.5) is 5.69 Å². The van der Waals surface area contributed by atoms with E-state index in [1.807, 2.05) is 30.0 Å². The Balaban J connectivity index is 2.34. The van der Waals surface area contributed by atoms with E-state index in [1.54, 1.807) is 0 Å². The van der Waals surface area contributed by atoms with Gasteiger partial charge in [-0.3, -0.25) is 0 Å². The van der Waals surface area contributed by atoms with Gasteiger partial charge in [-0.25, -0.2) is 0 Å². The maximum absolute atomic E-state index is 9.00. The summed E-state index contributed by atoms with van der Waals surface area (Å²) in [5, 5.41) is 12.3. The highest BCUT2D eigenvalue weighted by molar-refractivity contribution is 9.10. The van der Waals surface area contributed by atoms with Gasteiger partial charge >= 0.3 is 0 Å². The number of hydrogen-bond acceptors (Lipinski definition) is 3. The SMILES string of the molecule is CSCCCCCNc1ccc(Br)cc1C#N. The third-order valence-electron chi connectivity index (χ3n) is 2.44. The van der Waals surface area contributed by atoms with Crippen molar-refractivity contribution in [1.29, 1.82) is 5.26 Å². The van der Waals surface area contributed by atoms with E-state index in [4.69, 9.17) is 5.26 Å². The van der Waals surface area contributed by atoms with Crippen LogP contribution in [0.5, 0.6) is 0 Å². The fourth-order valence-electron chi connectivity index (χ4n) is 1.53. The molecule has 92 valence electrons. The maximum Gasteiger partial charge on any atom is 0.101 e. The number of benzene rings is 1. The summed E-state index contributed by atoms with van der Waals surface area (Å²) in [5.74, 6) is 1.24. The fraction of sp³-hybridized carbons (Fsp3) is 0.462. The van der Waals surface area contributed by atoms with Gasteiger partial charge in [-0.05, 0) is 43.0 Å². The average molecular weight is 313 g/mol. The van der Waals surface area contributed by atoms with Gasteiger partial charge in [0.05, 0.1) is 11.3 Å². The van der Waals surface area contributed by atoms with Crippen molar-refractivity contribution in [3.63, 3.8) is 0 Å². The Labute approximate surface area is 116 Å². The molecule has 4 heteroatoms. The van der Waals surface area contributed by atoms with Gasteiger partial charge in [0.25, 0.3) is 0 Å². The Hall–Kier alpha value is -0.660. The minimum atomic E-state index is 0.698. The summed E-state index contributed by atoms with van der Waals surface area (Å²) >= 11 is 5.26. The number of halogens is 1. The first-order valence-corrected chi connectivity index (χ1v) is 7.89. The van der Waals surface area contributed by atoms with Crippen LogP contribution in [0.3, 0.4) is 0 Å². The highest BCUT2D eigenvalue weighted by atomic mass is 79.9. The molecule has 0 spiro atoms. The number of anilines is 1. The Morgan fingerprint density at radius 2 is 2.18 bits per heavy atom. The molecule has 0 saturated heterocycles. The first-order chi connectivity index (χ1) is 8.27. The van der Waals surface area contributed by atoms with Gasteiger partial charge in [-0.1, -0.05) is 22.4 Å². The molecule has 1 N–H and O–H groups in total. The standard InChI is InChI=1S/C13H17BrN2S/c1-17-8-4-2-3-7-16-13-6-5-12(14)9-11(13)10-15/h5-6,9,16H,2-4,7-8H2,1H3. The zero-order chi connectivity index (χ0) is 12.5. The van der Waals surface area contributed by atoms with Gasteiger partial charge in [-0.2, -0.15) is 17.0 Å². The van der Waals surface area contributed by atoms with E-state index in [9.17, 15) is 0 Å². The van der Waals surface area contributed by atoms with E-state index >= 15 is 0 Å². The molecule has 0 aromatic heterocycles. The molecule has 0 aliphatic heterocycles. The Kier molecular flexibility index (Phi) is 7.14. The molecule has 0 atom stereocenters. The monoisotopic (exact) mass is 312 g/mol. The van der Waals surface area contributed by atoms with Crippen LogP contribution in [0.2, 0.25) is 0 Å². The van der Waals surface area contributed by atoms with Crippen LogP contribution in [-0.2, 0) is 0 Å². The molecule has 0 radical (unpaired) electrons. The van der Waals surface area contributed by atoms with Crippen molar-refractivity contribution < 1.29 is 0 Å². The number of nitrogens with one attached hydrogen (secondary N) is 1. The van der Waals surface area contributed by atoms with Gasteiger partial charge in [0.2, 0.25) is 0 Å². The number of hydrogen-bond donors (Lipinski definition) is 1. The van der Waals surface area contributed by atoms with Crippen molar-refractivity contribution in [3.05, 3.63) is 28.2 Å². The van der Waals surface area contributed by atoms with Crippen LogP contribution in [-0.4, -0.2) is 18.6 Å². The summed E-state index contributed by atoms with van der Waals surface area (Å²) in [6.45, 7) is 0.935. The number of rotatable bonds is 7. The highest BCUT2D eigenvalue weighted by Crippen LogP contribution is 2.20. The van der Waals surface area contributed by atoms with Crippen molar-refractivity contribution in [2.75, 3.05) is 23.9 Å². The van der Waals surface area contributed by atoms with Crippen LogP contribution in [0.1, 0.15) is 24.8 Å². The lowest BCUT2D eigenvalue weighted by Crippen LogP contribution is -2.03. The normalized spacial score (nSPS) is 9.94. The van der Waals surface area contributed by atoms with Gasteiger partial charge in [-0.15, -0.1) is 0 Å². The molecule has 2 nitrogen and oxygen atoms in total. The topological polar surface area (TPSA) is 35.8 Å². The molecule has 0 fully saturated rings. The fourth-order valence-corrected chi connectivity index (χ4v) is 2.39. The zero-order valence-electron chi connectivity index (χ0n) is 10.0. The third-order valence-corrected chi connectivity index (χ3v) is 3.63. The van der Waals surface area contributed by atoms with Crippen LogP contribution < -0.4 is 5.32 Å². The van der Waals surface area contributed by atoms with Crippen LogP contribution in [0.15, 0.2) is 22.7 Å². The van der Waals surface area contributed by atoms with Crippen molar-refractivity contribution in [2.24, 2.45) is 0 Å². The molecule has 0 heterocycles. The second-order valence-corrected chi connectivity index (χ2v) is 5.68. The van der Waals surface area contributed by atoms with Gasteiger partial charge in [0.1, 0.15) is 6.07 Å². The van der Waals surface area contributed by atoms with Gasteiger partial charge < -0.3 is 5.32 Å². The van der Waals surface area contributed by atoms with Gasteiger partial charge in [0.15, 0.2) is 0 Å². The average Bonchev–Trinajstić information content (AvgIpc) is 2.35. The molecular weight excluding hydrogens is 296 g/mol. The minimum absolute atomic E-state index is 0.698. The molecule has 0 aliphatic rings. The molecule has 0 bridgehead atoms. The summed E-state index contributed by atoms with van der Waals surface area (Å²) < 4.78 is 0.944. The van der Waals surface area contributed by atoms with E-state index in [1.165, 1.54) is 18.6 Å². The smallest absolute Gasteiger partial charge is 0.101 e. The largest absolute Gasteiger partial charge is 0.384 e. The van der Waals surface area contributed by atoms with Crippen molar-refractivity contribution >= 4 is 33.4 Å². The van der Waals surface area contributed by atoms with E-state index < -0.39 is 0 Å². The van der Waals surface area contributed by atoms with E-state index in [2.05, 4.69) is 33.6 Å². The predicted octanol–water partition coefficient (Wildman–Crippen LogP) is 4.27. The predicted molar refractivity (Wildman–Crippen MR) is 79.6 cm³/mol. The molecule has 0 aliphatic carbocycles. The second kappa shape index (κ2) is 8.43. The maximum atomic E-state index is 9.00. The van der Waals surface area contributed by atoms with Crippen LogP contribution in [0, 0.1) is 11.3 Å². The lowest BCUT2D eigenvalue weighted by molar-refractivity contribution is 0.749. The Bertz CT molecular complexity index is 387. The summed E-state index contributed by atoms with van der Waals surface area (Å²) in [6, 6.07) is 7.95. The number of thioether (sulfide) groups is 1. The summed E-state index contributed by atoms with van der Waals surface area (Å²) in [6.07, 6.45) is 5.81. The van der Waals surface area contributed by atoms with Crippen molar-refractivity contribution in [1.82, 2.24) is 0 Å². The highest BCUT2D eigenvalue weighted by Gasteiger charge is 2.01. The molecule has 0 unspecified atom stereocenters. The molecule has 1 rings (SSSR count). The quantitative estimate of drug-likeness (QED) is 0.764. The molecule has 17 heavy (non-hydrogen) atoms. The number of nitriles is 1. The molecule has 1 aromatic carbocycles. The summed E-state index contributed by atoms with van der Waals surface area (Å²) in [7, 11) is 0. The molecule has 1 aromatic rings. The van der Waals surface area contributed by atoms with Crippen LogP contribution in [0.25, 0.3) is 0 Å². The third kappa shape index (κ3) is 5.47.